The fraction of sp³-hybridized carbons (Fsp3) is 0.500. The number of benzene rings is 1. The number of nitrogens with two attached hydrogens (primary N) is 1. The van der Waals surface area contributed by atoms with Crippen molar-refractivity contribution in [1.29, 1.82) is 0 Å². The summed E-state index contributed by atoms with van der Waals surface area (Å²) < 4.78 is 12.7. The largest absolute Gasteiger partial charge is 0.349 e. The molecule has 1 aliphatic carbocycles. The van der Waals surface area contributed by atoms with Crippen molar-refractivity contribution in [1.82, 2.24) is 5.32 Å². The molecule has 1 saturated carbocycles. The first-order chi connectivity index (χ1) is 8.53. The van der Waals surface area contributed by atoms with Crippen molar-refractivity contribution < 1.29 is 9.18 Å². The summed E-state index contributed by atoms with van der Waals surface area (Å²) in [4.78, 5) is 11.9. The van der Waals surface area contributed by atoms with Gasteiger partial charge in [0.2, 0.25) is 5.91 Å². The van der Waals surface area contributed by atoms with Crippen molar-refractivity contribution in [2.45, 2.75) is 31.7 Å². The van der Waals surface area contributed by atoms with Gasteiger partial charge in [0.15, 0.2) is 0 Å². The molecule has 1 aromatic carbocycles. The van der Waals surface area contributed by atoms with Gasteiger partial charge in [-0.2, -0.15) is 0 Å². The zero-order valence-corrected chi connectivity index (χ0v) is 11.8. The minimum Gasteiger partial charge on any atom is -0.349 e. The van der Waals surface area contributed by atoms with Crippen LogP contribution in [-0.4, -0.2) is 18.0 Å². The summed E-state index contributed by atoms with van der Waals surface area (Å²) in [5.74, 6) is 0.157. The smallest absolute Gasteiger partial charge is 0.224 e. The summed E-state index contributed by atoms with van der Waals surface area (Å²) in [5.41, 5.74) is 6.26. The van der Waals surface area contributed by atoms with Crippen LogP contribution in [0.3, 0.4) is 0 Å². The summed E-state index contributed by atoms with van der Waals surface area (Å²) in [5, 5.41) is 3.01. The molecule has 0 bridgehead atoms. The molecule has 5 heteroatoms. The first kappa shape index (κ1) is 15.9. The van der Waals surface area contributed by atoms with Gasteiger partial charge < -0.3 is 11.1 Å². The van der Waals surface area contributed by atoms with Crippen LogP contribution in [0, 0.1) is 11.7 Å². The maximum Gasteiger partial charge on any atom is 0.224 e. The first-order valence-corrected chi connectivity index (χ1v) is 6.29. The molecule has 0 spiro atoms. The van der Waals surface area contributed by atoms with Crippen LogP contribution in [0.4, 0.5) is 4.39 Å². The topological polar surface area (TPSA) is 55.1 Å². The Morgan fingerprint density at radius 3 is 2.47 bits per heavy atom. The van der Waals surface area contributed by atoms with Gasteiger partial charge in [0.1, 0.15) is 5.82 Å². The van der Waals surface area contributed by atoms with Crippen LogP contribution >= 0.6 is 12.4 Å². The molecule has 1 unspecified atom stereocenters. The molecular weight excluding hydrogens is 267 g/mol. The molecule has 1 atom stereocenters. The van der Waals surface area contributed by atoms with E-state index in [-0.39, 0.29) is 36.1 Å². The summed E-state index contributed by atoms with van der Waals surface area (Å²) in [6, 6.07) is 5.99. The Hall–Kier alpha value is -1.13. The quantitative estimate of drug-likeness (QED) is 0.870. The lowest BCUT2D eigenvalue weighted by Crippen LogP contribution is -2.53. The molecule has 106 valence electrons. The van der Waals surface area contributed by atoms with Gasteiger partial charge >= 0.3 is 0 Å². The normalized spacial score (nSPS) is 17.2. The van der Waals surface area contributed by atoms with Crippen LogP contribution in [0.1, 0.15) is 25.3 Å². The van der Waals surface area contributed by atoms with E-state index in [9.17, 15) is 9.18 Å². The van der Waals surface area contributed by atoms with E-state index in [2.05, 4.69) is 5.32 Å². The third kappa shape index (κ3) is 4.18. The Balaban J connectivity index is 0.00000180. The molecule has 0 aliphatic heterocycles. The second-order valence-corrected chi connectivity index (χ2v) is 5.25. The molecule has 1 amide bonds. The van der Waals surface area contributed by atoms with Gasteiger partial charge in [0.05, 0.1) is 12.0 Å². The van der Waals surface area contributed by atoms with E-state index in [0.29, 0.717) is 12.5 Å². The van der Waals surface area contributed by atoms with Crippen molar-refractivity contribution in [3.05, 3.63) is 35.6 Å². The highest BCUT2D eigenvalue weighted by atomic mass is 35.5. The molecule has 2 rings (SSSR count). The van der Waals surface area contributed by atoms with E-state index in [0.717, 1.165) is 18.4 Å². The van der Waals surface area contributed by atoms with Crippen molar-refractivity contribution >= 4 is 18.3 Å². The molecule has 0 aromatic heterocycles. The maximum absolute atomic E-state index is 12.7. The molecule has 3 nitrogen and oxygen atoms in total. The predicted molar refractivity (Wildman–Crippen MR) is 75.7 cm³/mol. The summed E-state index contributed by atoms with van der Waals surface area (Å²) in [7, 11) is 0. The van der Waals surface area contributed by atoms with E-state index in [1.54, 1.807) is 12.1 Å². The standard InChI is InChI=1S/C14H19FN2O.ClH/c1-14(9-16,11-4-5-11)17-13(18)8-10-2-6-12(15)7-3-10;/h2-3,6-7,11H,4-5,8-9,16H2,1H3,(H,17,18);1H. The zero-order valence-electron chi connectivity index (χ0n) is 11.0. The average Bonchev–Trinajstić information content (AvgIpc) is 3.16. The lowest BCUT2D eigenvalue weighted by molar-refractivity contribution is -0.122. The van der Waals surface area contributed by atoms with Crippen LogP contribution in [0.15, 0.2) is 24.3 Å². The minimum atomic E-state index is -0.295. The summed E-state index contributed by atoms with van der Waals surface area (Å²) in [6.07, 6.45) is 2.53. The van der Waals surface area contributed by atoms with Crippen molar-refractivity contribution in [3.63, 3.8) is 0 Å². The predicted octanol–water partition coefficient (Wildman–Crippen LogP) is 2.03. The molecule has 3 N–H and O–H groups in total. The Kier molecular flexibility index (Phi) is 5.32. The number of hydrogen-bond acceptors (Lipinski definition) is 2. The molecule has 1 fully saturated rings. The van der Waals surface area contributed by atoms with Gasteiger partial charge in [-0.25, -0.2) is 4.39 Å². The number of nitrogens with one attached hydrogen (secondary N) is 1. The molecule has 0 heterocycles. The van der Waals surface area contributed by atoms with Gasteiger partial charge in [-0.15, -0.1) is 12.4 Å². The maximum atomic E-state index is 12.7. The van der Waals surface area contributed by atoms with E-state index in [1.165, 1.54) is 12.1 Å². The molecule has 1 aliphatic rings. The molecular formula is C14H20ClFN2O. The van der Waals surface area contributed by atoms with Gasteiger partial charge in [-0.05, 0) is 43.4 Å². The van der Waals surface area contributed by atoms with Crippen molar-refractivity contribution in [2.75, 3.05) is 6.54 Å². The third-order valence-electron chi connectivity index (χ3n) is 3.61. The average molecular weight is 287 g/mol. The van der Waals surface area contributed by atoms with E-state index in [4.69, 9.17) is 5.73 Å². The Labute approximate surface area is 119 Å². The number of carbonyl (C=O) groups excluding carboxylic acids is 1. The summed E-state index contributed by atoms with van der Waals surface area (Å²) in [6.45, 7) is 2.44. The highest BCUT2D eigenvalue weighted by Gasteiger charge is 2.41. The van der Waals surface area contributed by atoms with Gasteiger partial charge in [-0.1, -0.05) is 12.1 Å². The highest BCUT2D eigenvalue weighted by molar-refractivity contribution is 5.85. The van der Waals surface area contributed by atoms with Gasteiger partial charge in [-0.3, -0.25) is 4.79 Å². The Bertz CT molecular complexity index is 434. The van der Waals surface area contributed by atoms with E-state index in [1.807, 2.05) is 6.92 Å². The number of amides is 1. The van der Waals surface area contributed by atoms with Crippen LogP contribution in [0.2, 0.25) is 0 Å². The van der Waals surface area contributed by atoms with Crippen molar-refractivity contribution in [2.24, 2.45) is 11.7 Å². The number of rotatable bonds is 5. The molecule has 0 saturated heterocycles. The fourth-order valence-electron chi connectivity index (χ4n) is 2.19. The lowest BCUT2D eigenvalue weighted by atomic mass is 9.95. The summed E-state index contributed by atoms with van der Waals surface area (Å²) >= 11 is 0. The second kappa shape index (κ2) is 6.35. The second-order valence-electron chi connectivity index (χ2n) is 5.25. The van der Waals surface area contributed by atoms with Gasteiger partial charge in [0.25, 0.3) is 0 Å². The number of hydrogen-bond donors (Lipinski definition) is 2. The van der Waals surface area contributed by atoms with Crippen LogP contribution in [0.5, 0.6) is 0 Å². The number of halogens is 2. The fourth-order valence-corrected chi connectivity index (χ4v) is 2.19. The minimum absolute atomic E-state index is 0. The first-order valence-electron chi connectivity index (χ1n) is 6.29. The Morgan fingerprint density at radius 2 is 2.00 bits per heavy atom. The SMILES string of the molecule is CC(CN)(NC(=O)Cc1ccc(F)cc1)C1CC1.Cl. The lowest BCUT2D eigenvalue weighted by Gasteiger charge is -2.29. The molecule has 0 radical (unpaired) electrons. The zero-order chi connectivity index (χ0) is 13.2. The van der Waals surface area contributed by atoms with E-state index < -0.39 is 0 Å². The third-order valence-corrected chi connectivity index (χ3v) is 3.61. The van der Waals surface area contributed by atoms with Crippen LogP contribution in [0.25, 0.3) is 0 Å². The molecule has 1 aromatic rings. The van der Waals surface area contributed by atoms with Crippen LogP contribution < -0.4 is 11.1 Å². The van der Waals surface area contributed by atoms with Gasteiger partial charge in [0, 0.05) is 6.54 Å². The van der Waals surface area contributed by atoms with Crippen molar-refractivity contribution in [3.8, 4) is 0 Å². The monoisotopic (exact) mass is 286 g/mol. The van der Waals surface area contributed by atoms with E-state index >= 15 is 0 Å². The van der Waals surface area contributed by atoms with Crippen LogP contribution in [-0.2, 0) is 11.2 Å². The number of carbonyl (C=O) groups is 1. The highest BCUT2D eigenvalue weighted by Crippen LogP contribution is 2.38. The molecule has 19 heavy (non-hydrogen) atoms. The Morgan fingerprint density at radius 1 is 1.42 bits per heavy atom.